The summed E-state index contributed by atoms with van der Waals surface area (Å²) < 4.78 is 6.28. The van der Waals surface area contributed by atoms with Crippen LogP contribution >= 0.6 is 0 Å². The van der Waals surface area contributed by atoms with E-state index >= 15 is 0 Å². The zero-order valence-corrected chi connectivity index (χ0v) is 10.8. The molecule has 0 heterocycles. The van der Waals surface area contributed by atoms with Crippen molar-refractivity contribution in [3.8, 4) is 0 Å². The van der Waals surface area contributed by atoms with E-state index in [1.807, 2.05) is 7.05 Å². The Labute approximate surface area is 94.8 Å². The SMILES string of the molecule is CCC(C)OC1(CNC)CCCC(C)C1. The molecule has 1 saturated carbocycles. The lowest BCUT2D eigenvalue weighted by atomic mass is 9.78. The molecule has 0 spiro atoms. The number of likely N-dealkylation sites (N-methyl/N-ethyl adjacent to an activating group) is 1. The van der Waals surface area contributed by atoms with Crippen LogP contribution in [0.4, 0.5) is 0 Å². The van der Waals surface area contributed by atoms with E-state index in [1.165, 1.54) is 25.7 Å². The van der Waals surface area contributed by atoms with Crippen molar-refractivity contribution in [3.63, 3.8) is 0 Å². The summed E-state index contributed by atoms with van der Waals surface area (Å²) in [5.41, 5.74) is 0.113. The molecule has 1 aliphatic rings. The second-order valence-corrected chi connectivity index (χ2v) is 5.25. The monoisotopic (exact) mass is 213 g/mol. The van der Waals surface area contributed by atoms with Crippen molar-refractivity contribution < 1.29 is 4.74 Å². The van der Waals surface area contributed by atoms with E-state index in [-0.39, 0.29) is 5.60 Å². The van der Waals surface area contributed by atoms with Gasteiger partial charge < -0.3 is 10.1 Å². The van der Waals surface area contributed by atoms with Crippen LogP contribution in [0.15, 0.2) is 0 Å². The first-order valence-corrected chi connectivity index (χ1v) is 6.44. The molecule has 0 aromatic heterocycles. The first kappa shape index (κ1) is 13.0. The maximum Gasteiger partial charge on any atom is 0.0812 e. The smallest absolute Gasteiger partial charge is 0.0812 e. The Bertz CT molecular complexity index is 179. The molecule has 90 valence electrons. The average molecular weight is 213 g/mol. The Morgan fingerprint density at radius 3 is 2.80 bits per heavy atom. The predicted octanol–water partition coefficient (Wildman–Crippen LogP) is 2.97. The zero-order chi connectivity index (χ0) is 11.3. The van der Waals surface area contributed by atoms with Crippen LogP contribution in [0.1, 0.15) is 52.9 Å². The third-order valence-electron chi connectivity index (χ3n) is 3.57. The van der Waals surface area contributed by atoms with Crippen LogP contribution in [0, 0.1) is 5.92 Å². The Morgan fingerprint density at radius 1 is 1.53 bits per heavy atom. The van der Waals surface area contributed by atoms with Crippen molar-refractivity contribution in [2.45, 2.75) is 64.6 Å². The third kappa shape index (κ3) is 3.76. The Morgan fingerprint density at radius 2 is 2.27 bits per heavy atom. The highest BCUT2D eigenvalue weighted by Gasteiger charge is 2.36. The average Bonchev–Trinajstić information content (AvgIpc) is 2.17. The standard InChI is InChI=1S/C13H27NO/c1-5-12(3)15-13(10-14-4)8-6-7-11(2)9-13/h11-12,14H,5-10H2,1-4H3. The van der Waals surface area contributed by atoms with Crippen LogP contribution < -0.4 is 5.32 Å². The zero-order valence-electron chi connectivity index (χ0n) is 10.8. The van der Waals surface area contributed by atoms with E-state index in [0.29, 0.717) is 6.10 Å². The summed E-state index contributed by atoms with van der Waals surface area (Å²) in [5.74, 6) is 0.816. The molecule has 1 aliphatic carbocycles. The van der Waals surface area contributed by atoms with E-state index in [4.69, 9.17) is 4.74 Å². The molecule has 0 aliphatic heterocycles. The van der Waals surface area contributed by atoms with Gasteiger partial charge >= 0.3 is 0 Å². The fourth-order valence-electron chi connectivity index (χ4n) is 2.75. The maximum absolute atomic E-state index is 6.28. The molecule has 3 atom stereocenters. The van der Waals surface area contributed by atoms with E-state index in [1.54, 1.807) is 0 Å². The highest BCUT2D eigenvalue weighted by Crippen LogP contribution is 2.35. The molecule has 0 radical (unpaired) electrons. The number of nitrogens with one attached hydrogen (secondary N) is 1. The number of ether oxygens (including phenoxy) is 1. The lowest BCUT2D eigenvalue weighted by Gasteiger charge is -2.41. The summed E-state index contributed by atoms with van der Waals surface area (Å²) in [4.78, 5) is 0. The first-order valence-electron chi connectivity index (χ1n) is 6.44. The highest BCUT2D eigenvalue weighted by molar-refractivity contribution is 4.89. The van der Waals surface area contributed by atoms with E-state index in [0.717, 1.165) is 18.9 Å². The Balaban J connectivity index is 2.59. The minimum absolute atomic E-state index is 0.113. The molecule has 0 amide bonds. The van der Waals surface area contributed by atoms with Crippen molar-refractivity contribution in [1.82, 2.24) is 5.32 Å². The van der Waals surface area contributed by atoms with Crippen molar-refractivity contribution in [2.24, 2.45) is 5.92 Å². The Hall–Kier alpha value is -0.0800. The maximum atomic E-state index is 6.28. The number of rotatable bonds is 5. The van der Waals surface area contributed by atoms with Gasteiger partial charge in [0.2, 0.25) is 0 Å². The van der Waals surface area contributed by atoms with Gasteiger partial charge in [0.25, 0.3) is 0 Å². The minimum atomic E-state index is 0.113. The molecular weight excluding hydrogens is 186 g/mol. The topological polar surface area (TPSA) is 21.3 Å². The minimum Gasteiger partial charge on any atom is -0.371 e. The molecule has 0 aromatic carbocycles. The quantitative estimate of drug-likeness (QED) is 0.758. The summed E-state index contributed by atoms with van der Waals surface area (Å²) in [6, 6.07) is 0. The van der Waals surface area contributed by atoms with Crippen LogP contribution in [-0.4, -0.2) is 25.3 Å². The van der Waals surface area contributed by atoms with Gasteiger partial charge in [0, 0.05) is 6.54 Å². The molecule has 2 heteroatoms. The van der Waals surface area contributed by atoms with Crippen LogP contribution in [0.5, 0.6) is 0 Å². The fraction of sp³-hybridized carbons (Fsp3) is 1.00. The molecule has 1 fully saturated rings. The summed E-state index contributed by atoms with van der Waals surface area (Å²) in [5, 5.41) is 3.30. The normalized spacial score (nSPS) is 34.0. The third-order valence-corrected chi connectivity index (χ3v) is 3.57. The second kappa shape index (κ2) is 5.86. The van der Waals surface area contributed by atoms with Crippen molar-refractivity contribution in [2.75, 3.05) is 13.6 Å². The van der Waals surface area contributed by atoms with Crippen LogP contribution in [0.3, 0.4) is 0 Å². The lowest BCUT2D eigenvalue weighted by molar-refractivity contribution is -0.114. The van der Waals surface area contributed by atoms with Gasteiger partial charge in [-0.2, -0.15) is 0 Å². The van der Waals surface area contributed by atoms with Gasteiger partial charge in [-0.15, -0.1) is 0 Å². The molecule has 3 unspecified atom stereocenters. The largest absolute Gasteiger partial charge is 0.371 e. The van der Waals surface area contributed by atoms with Crippen molar-refractivity contribution in [1.29, 1.82) is 0 Å². The summed E-state index contributed by atoms with van der Waals surface area (Å²) in [7, 11) is 2.03. The summed E-state index contributed by atoms with van der Waals surface area (Å²) in [6.07, 6.45) is 6.64. The van der Waals surface area contributed by atoms with Crippen molar-refractivity contribution >= 4 is 0 Å². The summed E-state index contributed by atoms with van der Waals surface area (Å²) >= 11 is 0. The van der Waals surface area contributed by atoms with E-state index < -0.39 is 0 Å². The van der Waals surface area contributed by atoms with E-state index in [9.17, 15) is 0 Å². The predicted molar refractivity (Wildman–Crippen MR) is 65.1 cm³/mol. The van der Waals surface area contributed by atoms with Gasteiger partial charge in [-0.05, 0) is 39.2 Å². The molecule has 2 nitrogen and oxygen atoms in total. The van der Waals surface area contributed by atoms with Gasteiger partial charge in [0.1, 0.15) is 0 Å². The lowest BCUT2D eigenvalue weighted by Crippen LogP contribution is -2.47. The molecule has 1 rings (SSSR count). The molecule has 1 N–H and O–H groups in total. The molecule has 0 saturated heterocycles. The van der Waals surface area contributed by atoms with Crippen LogP contribution in [0.25, 0.3) is 0 Å². The second-order valence-electron chi connectivity index (χ2n) is 5.25. The van der Waals surface area contributed by atoms with Gasteiger partial charge in [0.15, 0.2) is 0 Å². The van der Waals surface area contributed by atoms with Gasteiger partial charge in [0.05, 0.1) is 11.7 Å². The highest BCUT2D eigenvalue weighted by atomic mass is 16.5. The Kier molecular flexibility index (Phi) is 5.07. The number of hydrogen-bond acceptors (Lipinski definition) is 2. The molecule has 0 aromatic rings. The molecule has 0 bridgehead atoms. The van der Waals surface area contributed by atoms with Crippen molar-refractivity contribution in [3.05, 3.63) is 0 Å². The molecular formula is C13H27NO. The summed E-state index contributed by atoms with van der Waals surface area (Å²) in [6.45, 7) is 7.74. The van der Waals surface area contributed by atoms with Crippen LogP contribution in [0.2, 0.25) is 0 Å². The first-order chi connectivity index (χ1) is 7.12. The number of hydrogen-bond donors (Lipinski definition) is 1. The fourth-order valence-corrected chi connectivity index (χ4v) is 2.75. The van der Waals surface area contributed by atoms with Gasteiger partial charge in [-0.3, -0.25) is 0 Å². The van der Waals surface area contributed by atoms with Gasteiger partial charge in [-0.25, -0.2) is 0 Å². The molecule has 15 heavy (non-hydrogen) atoms. The van der Waals surface area contributed by atoms with Gasteiger partial charge in [-0.1, -0.05) is 26.7 Å². The van der Waals surface area contributed by atoms with Crippen LogP contribution in [-0.2, 0) is 4.74 Å². The van der Waals surface area contributed by atoms with E-state index in [2.05, 4.69) is 26.1 Å².